The largest absolute Gasteiger partial charge is 0.497 e. The van der Waals surface area contributed by atoms with Crippen molar-refractivity contribution in [3.8, 4) is 11.5 Å². The molecule has 17 heavy (non-hydrogen) atoms. The van der Waals surface area contributed by atoms with Crippen molar-refractivity contribution in [1.29, 1.82) is 0 Å². The molecule has 0 aliphatic heterocycles. The van der Waals surface area contributed by atoms with Gasteiger partial charge in [0, 0.05) is 23.2 Å². The van der Waals surface area contributed by atoms with Crippen molar-refractivity contribution in [2.75, 3.05) is 14.2 Å². The molecule has 0 aliphatic carbocycles. The van der Waals surface area contributed by atoms with Gasteiger partial charge >= 0.3 is 0 Å². The van der Waals surface area contributed by atoms with E-state index in [1.807, 2.05) is 26.0 Å². The van der Waals surface area contributed by atoms with Crippen LogP contribution in [0.1, 0.15) is 24.2 Å². The second-order valence-electron chi connectivity index (χ2n) is 4.20. The molecule has 0 amide bonds. The summed E-state index contributed by atoms with van der Waals surface area (Å²) in [6, 6.07) is 3.82. The van der Waals surface area contributed by atoms with Gasteiger partial charge in [-0.1, -0.05) is 0 Å². The quantitative estimate of drug-likeness (QED) is 0.857. The van der Waals surface area contributed by atoms with Crippen molar-refractivity contribution in [3.63, 3.8) is 0 Å². The number of rotatable bonds is 3. The summed E-state index contributed by atoms with van der Waals surface area (Å²) in [5.41, 5.74) is 9.16. The van der Waals surface area contributed by atoms with Crippen molar-refractivity contribution in [2.45, 2.75) is 19.9 Å². The Balaban J connectivity index is 2.80. The minimum Gasteiger partial charge on any atom is -0.497 e. The van der Waals surface area contributed by atoms with Gasteiger partial charge in [-0.3, -0.25) is 0 Å². The Labute approximate surface area is 101 Å². The highest BCUT2D eigenvalue weighted by Gasteiger charge is 2.16. The summed E-state index contributed by atoms with van der Waals surface area (Å²) in [5, 5.41) is 1.06. The van der Waals surface area contributed by atoms with E-state index in [4.69, 9.17) is 15.2 Å². The first-order valence-electron chi connectivity index (χ1n) is 5.58. The van der Waals surface area contributed by atoms with Gasteiger partial charge in [0.25, 0.3) is 0 Å². The van der Waals surface area contributed by atoms with E-state index in [-0.39, 0.29) is 6.04 Å². The third-order valence-corrected chi connectivity index (χ3v) is 2.99. The lowest BCUT2D eigenvalue weighted by atomic mass is 10.0. The molecule has 4 heteroatoms. The minimum atomic E-state index is -0.0273. The first-order chi connectivity index (χ1) is 8.08. The van der Waals surface area contributed by atoms with Crippen LogP contribution in [0.2, 0.25) is 0 Å². The Morgan fingerprint density at radius 3 is 2.47 bits per heavy atom. The van der Waals surface area contributed by atoms with Gasteiger partial charge in [0.1, 0.15) is 11.5 Å². The fourth-order valence-electron chi connectivity index (χ4n) is 2.25. The van der Waals surface area contributed by atoms with Gasteiger partial charge in [-0.25, -0.2) is 0 Å². The molecule has 0 bridgehead atoms. The molecule has 2 rings (SSSR count). The number of ether oxygens (including phenoxy) is 2. The van der Waals surface area contributed by atoms with Crippen LogP contribution in [0.5, 0.6) is 11.5 Å². The molecule has 1 unspecified atom stereocenters. The van der Waals surface area contributed by atoms with E-state index in [9.17, 15) is 0 Å². The lowest BCUT2D eigenvalue weighted by Gasteiger charge is -2.08. The number of aromatic amines is 1. The zero-order valence-corrected chi connectivity index (χ0v) is 10.6. The second kappa shape index (κ2) is 4.30. The Morgan fingerprint density at radius 1 is 1.24 bits per heavy atom. The summed E-state index contributed by atoms with van der Waals surface area (Å²) in [5.74, 6) is 1.55. The highest BCUT2D eigenvalue weighted by molar-refractivity contribution is 5.91. The Bertz CT molecular complexity index is 544. The predicted molar refractivity (Wildman–Crippen MR) is 68.7 cm³/mol. The van der Waals surface area contributed by atoms with Crippen LogP contribution in [-0.4, -0.2) is 19.2 Å². The summed E-state index contributed by atoms with van der Waals surface area (Å²) in [6.07, 6.45) is 0. The summed E-state index contributed by atoms with van der Waals surface area (Å²) < 4.78 is 10.6. The van der Waals surface area contributed by atoms with Gasteiger partial charge in [-0.15, -0.1) is 0 Å². The molecule has 3 N–H and O–H groups in total. The fraction of sp³-hybridized carbons (Fsp3) is 0.385. The van der Waals surface area contributed by atoms with Crippen molar-refractivity contribution in [3.05, 3.63) is 23.4 Å². The molecular formula is C13H18N2O2. The summed E-state index contributed by atoms with van der Waals surface area (Å²) >= 11 is 0. The molecule has 1 aromatic carbocycles. The number of hydrogen-bond donors (Lipinski definition) is 2. The van der Waals surface area contributed by atoms with Crippen LogP contribution < -0.4 is 15.2 Å². The second-order valence-corrected chi connectivity index (χ2v) is 4.20. The van der Waals surface area contributed by atoms with Crippen LogP contribution >= 0.6 is 0 Å². The zero-order valence-electron chi connectivity index (χ0n) is 10.6. The first-order valence-corrected chi connectivity index (χ1v) is 5.58. The fourth-order valence-corrected chi connectivity index (χ4v) is 2.25. The van der Waals surface area contributed by atoms with E-state index >= 15 is 0 Å². The van der Waals surface area contributed by atoms with Crippen LogP contribution in [0.3, 0.4) is 0 Å². The number of fused-ring (bicyclic) bond motifs is 1. The molecule has 0 aliphatic rings. The lowest BCUT2D eigenvalue weighted by molar-refractivity contribution is 0.397. The summed E-state index contributed by atoms with van der Waals surface area (Å²) in [6.45, 7) is 3.99. The highest BCUT2D eigenvalue weighted by atomic mass is 16.5. The zero-order chi connectivity index (χ0) is 12.6. The summed E-state index contributed by atoms with van der Waals surface area (Å²) in [7, 11) is 3.29. The number of H-pyrrole nitrogens is 1. The van der Waals surface area contributed by atoms with Crippen molar-refractivity contribution in [1.82, 2.24) is 4.98 Å². The van der Waals surface area contributed by atoms with Crippen LogP contribution in [0.15, 0.2) is 12.1 Å². The molecule has 1 atom stereocenters. The highest BCUT2D eigenvalue weighted by Crippen LogP contribution is 2.35. The number of methoxy groups -OCH3 is 2. The van der Waals surface area contributed by atoms with Crippen LogP contribution in [-0.2, 0) is 0 Å². The van der Waals surface area contributed by atoms with Crippen molar-refractivity contribution < 1.29 is 9.47 Å². The molecule has 0 radical (unpaired) electrons. The first kappa shape index (κ1) is 11.8. The maximum absolute atomic E-state index is 6.01. The molecule has 0 saturated carbocycles. The monoisotopic (exact) mass is 234 g/mol. The van der Waals surface area contributed by atoms with E-state index in [2.05, 4.69) is 4.98 Å². The third-order valence-electron chi connectivity index (χ3n) is 2.99. The molecule has 0 fully saturated rings. The number of nitrogens with one attached hydrogen (secondary N) is 1. The molecule has 4 nitrogen and oxygen atoms in total. The maximum Gasteiger partial charge on any atom is 0.146 e. The maximum atomic E-state index is 6.01. The van der Waals surface area contributed by atoms with E-state index < -0.39 is 0 Å². The average Bonchev–Trinajstić information content (AvgIpc) is 2.63. The molecule has 92 valence electrons. The van der Waals surface area contributed by atoms with Crippen molar-refractivity contribution >= 4 is 10.9 Å². The van der Waals surface area contributed by atoms with Crippen LogP contribution in [0, 0.1) is 6.92 Å². The van der Waals surface area contributed by atoms with Gasteiger partial charge in [0.05, 0.1) is 19.7 Å². The van der Waals surface area contributed by atoms with E-state index in [0.29, 0.717) is 0 Å². The normalized spacial score (nSPS) is 12.8. The Hall–Kier alpha value is -1.68. The Kier molecular flexibility index (Phi) is 2.98. The number of benzene rings is 1. The number of hydrogen-bond acceptors (Lipinski definition) is 3. The topological polar surface area (TPSA) is 60.3 Å². The third kappa shape index (κ3) is 1.85. The molecule has 1 aromatic heterocycles. The number of aromatic nitrogens is 1. The summed E-state index contributed by atoms with van der Waals surface area (Å²) in [4.78, 5) is 3.32. The predicted octanol–water partition coefficient (Wildman–Crippen LogP) is 2.51. The van der Waals surface area contributed by atoms with E-state index in [1.165, 1.54) is 0 Å². The van der Waals surface area contributed by atoms with E-state index in [0.717, 1.165) is 33.7 Å². The molecule has 2 aromatic rings. The molecule has 0 spiro atoms. The number of aryl methyl sites for hydroxylation is 1. The van der Waals surface area contributed by atoms with Gasteiger partial charge in [-0.05, 0) is 25.5 Å². The van der Waals surface area contributed by atoms with Crippen LogP contribution in [0.25, 0.3) is 10.9 Å². The SMILES string of the molecule is COc1cc(OC)c2[nH]c(C)c(C(C)N)c2c1. The molecular weight excluding hydrogens is 216 g/mol. The number of nitrogens with two attached hydrogens (primary N) is 1. The molecule has 1 heterocycles. The minimum absolute atomic E-state index is 0.0273. The van der Waals surface area contributed by atoms with Gasteiger partial charge in [0.2, 0.25) is 0 Å². The van der Waals surface area contributed by atoms with Gasteiger partial charge in [-0.2, -0.15) is 0 Å². The standard InChI is InChI=1S/C13H18N2O2/c1-7(14)12-8(2)15-13-10(12)5-9(16-3)6-11(13)17-4/h5-7,15H,14H2,1-4H3. The molecule has 0 saturated heterocycles. The van der Waals surface area contributed by atoms with E-state index in [1.54, 1.807) is 14.2 Å². The van der Waals surface area contributed by atoms with Gasteiger partial charge in [0.15, 0.2) is 0 Å². The smallest absolute Gasteiger partial charge is 0.146 e. The van der Waals surface area contributed by atoms with Gasteiger partial charge < -0.3 is 20.2 Å². The van der Waals surface area contributed by atoms with Crippen molar-refractivity contribution in [2.24, 2.45) is 5.73 Å². The lowest BCUT2D eigenvalue weighted by Crippen LogP contribution is -2.05. The Morgan fingerprint density at radius 2 is 1.94 bits per heavy atom. The van der Waals surface area contributed by atoms with Crippen LogP contribution in [0.4, 0.5) is 0 Å². The average molecular weight is 234 g/mol.